The van der Waals surface area contributed by atoms with Crippen LogP contribution in [0.5, 0.6) is 5.75 Å². The van der Waals surface area contributed by atoms with E-state index in [1.807, 2.05) is 12.1 Å². The first-order valence-electron chi connectivity index (χ1n) is 10.0. The molecule has 1 atom stereocenters. The lowest BCUT2D eigenvalue weighted by atomic mass is 10.0. The van der Waals surface area contributed by atoms with E-state index in [9.17, 15) is 4.79 Å². The van der Waals surface area contributed by atoms with E-state index >= 15 is 0 Å². The molecule has 1 aliphatic rings. The first kappa shape index (κ1) is 20.9. The lowest BCUT2D eigenvalue weighted by molar-refractivity contribution is 0.0975. The molecule has 0 bridgehead atoms. The summed E-state index contributed by atoms with van der Waals surface area (Å²) in [5, 5.41) is 6.11. The predicted molar refractivity (Wildman–Crippen MR) is 116 cm³/mol. The summed E-state index contributed by atoms with van der Waals surface area (Å²) in [6.07, 6.45) is 2.14. The molecule has 0 saturated carbocycles. The highest BCUT2D eigenvalue weighted by Gasteiger charge is 2.16. The molecule has 1 amide bonds. The topological polar surface area (TPSA) is 72.0 Å². The standard InChI is InChI=1S/C23H29N3O3/c1-16(2)17-9-11-19(12-10-17)25-23(24-15-21-8-5-13-29-21)26-22(27)18-6-4-7-20(14-18)28-3/h4,6-7,9-12,14,16,21H,5,8,13,15H2,1-3H3,(H2,24,25,26,27)/t21-/m1/s1. The molecule has 0 radical (unpaired) electrons. The van der Waals surface area contributed by atoms with Crippen LogP contribution >= 0.6 is 0 Å². The number of hydrogen-bond donors (Lipinski definition) is 2. The maximum absolute atomic E-state index is 12.7. The molecule has 2 N–H and O–H groups in total. The van der Waals surface area contributed by atoms with Crippen molar-refractivity contribution in [1.29, 1.82) is 0 Å². The predicted octanol–water partition coefficient (Wildman–Crippen LogP) is 4.20. The van der Waals surface area contributed by atoms with Gasteiger partial charge in [-0.1, -0.05) is 32.0 Å². The molecule has 1 heterocycles. The summed E-state index contributed by atoms with van der Waals surface area (Å²) in [7, 11) is 1.58. The van der Waals surface area contributed by atoms with Crippen molar-refractivity contribution in [3.05, 3.63) is 59.7 Å². The molecule has 154 valence electrons. The number of nitrogens with zero attached hydrogens (tertiary/aromatic N) is 1. The minimum absolute atomic E-state index is 0.101. The maximum atomic E-state index is 12.7. The highest BCUT2D eigenvalue weighted by atomic mass is 16.5. The number of aliphatic imine (C=N–C) groups is 1. The molecular weight excluding hydrogens is 366 g/mol. The second-order valence-electron chi connectivity index (χ2n) is 7.41. The fourth-order valence-electron chi connectivity index (χ4n) is 3.12. The van der Waals surface area contributed by atoms with Gasteiger partial charge < -0.3 is 14.8 Å². The highest BCUT2D eigenvalue weighted by molar-refractivity contribution is 6.10. The molecular formula is C23H29N3O3. The summed E-state index contributed by atoms with van der Waals surface area (Å²) < 4.78 is 10.9. The summed E-state index contributed by atoms with van der Waals surface area (Å²) in [6, 6.07) is 15.2. The Bertz CT molecular complexity index is 841. The van der Waals surface area contributed by atoms with Crippen molar-refractivity contribution in [3.8, 4) is 5.75 Å². The maximum Gasteiger partial charge on any atom is 0.258 e. The first-order chi connectivity index (χ1) is 14.0. The number of guanidine groups is 1. The van der Waals surface area contributed by atoms with E-state index in [1.54, 1.807) is 31.4 Å². The van der Waals surface area contributed by atoms with Gasteiger partial charge in [0.2, 0.25) is 5.96 Å². The average Bonchev–Trinajstić information content (AvgIpc) is 3.26. The number of nitrogens with one attached hydrogen (secondary N) is 2. The van der Waals surface area contributed by atoms with Crippen LogP contribution in [-0.2, 0) is 4.74 Å². The third-order valence-electron chi connectivity index (χ3n) is 4.88. The molecule has 29 heavy (non-hydrogen) atoms. The van der Waals surface area contributed by atoms with Gasteiger partial charge in [-0.25, -0.2) is 4.99 Å². The zero-order valence-corrected chi connectivity index (χ0v) is 17.3. The van der Waals surface area contributed by atoms with Crippen molar-refractivity contribution < 1.29 is 14.3 Å². The number of rotatable bonds is 6. The Labute approximate surface area is 172 Å². The van der Waals surface area contributed by atoms with Crippen LogP contribution in [0, 0.1) is 0 Å². The highest BCUT2D eigenvalue weighted by Crippen LogP contribution is 2.18. The number of benzene rings is 2. The van der Waals surface area contributed by atoms with Gasteiger partial charge in [0.15, 0.2) is 0 Å². The Hall–Kier alpha value is -2.86. The third-order valence-corrected chi connectivity index (χ3v) is 4.88. The second-order valence-corrected chi connectivity index (χ2v) is 7.41. The zero-order chi connectivity index (χ0) is 20.6. The molecule has 0 aromatic heterocycles. The number of amides is 1. The van der Waals surface area contributed by atoms with Crippen molar-refractivity contribution in [3.63, 3.8) is 0 Å². The summed E-state index contributed by atoms with van der Waals surface area (Å²) in [6.45, 7) is 5.59. The van der Waals surface area contributed by atoms with E-state index in [0.717, 1.165) is 25.1 Å². The second kappa shape index (κ2) is 10.1. The number of methoxy groups -OCH3 is 1. The summed E-state index contributed by atoms with van der Waals surface area (Å²) in [5.41, 5.74) is 2.63. The van der Waals surface area contributed by atoms with Gasteiger partial charge in [-0.2, -0.15) is 0 Å². The average molecular weight is 396 g/mol. The smallest absolute Gasteiger partial charge is 0.258 e. The number of carbonyl (C=O) groups excluding carboxylic acids is 1. The van der Waals surface area contributed by atoms with E-state index in [1.165, 1.54) is 5.56 Å². The normalized spacial score (nSPS) is 16.7. The van der Waals surface area contributed by atoms with Crippen LogP contribution < -0.4 is 15.4 Å². The summed E-state index contributed by atoms with van der Waals surface area (Å²) >= 11 is 0. The van der Waals surface area contributed by atoms with Crippen LogP contribution in [0.2, 0.25) is 0 Å². The van der Waals surface area contributed by atoms with Crippen LogP contribution in [0.4, 0.5) is 5.69 Å². The Morgan fingerprint density at radius 2 is 2.03 bits per heavy atom. The van der Waals surface area contributed by atoms with Crippen molar-refractivity contribution in [1.82, 2.24) is 5.32 Å². The zero-order valence-electron chi connectivity index (χ0n) is 17.3. The van der Waals surface area contributed by atoms with Gasteiger partial charge in [-0.05, 0) is 54.7 Å². The molecule has 1 aliphatic heterocycles. The molecule has 2 aromatic carbocycles. The Morgan fingerprint density at radius 3 is 2.69 bits per heavy atom. The van der Waals surface area contributed by atoms with Gasteiger partial charge >= 0.3 is 0 Å². The van der Waals surface area contributed by atoms with Gasteiger partial charge in [0, 0.05) is 17.9 Å². The molecule has 0 unspecified atom stereocenters. The Kier molecular flexibility index (Phi) is 7.25. The van der Waals surface area contributed by atoms with Gasteiger partial charge in [0.1, 0.15) is 5.75 Å². The number of anilines is 1. The number of hydrogen-bond acceptors (Lipinski definition) is 4. The van der Waals surface area contributed by atoms with E-state index in [2.05, 4.69) is 41.6 Å². The molecule has 0 spiro atoms. The minimum atomic E-state index is -0.249. The SMILES string of the molecule is COc1cccc(C(=O)NC(=NC[C@H]2CCCO2)Nc2ccc(C(C)C)cc2)c1. The lowest BCUT2D eigenvalue weighted by Crippen LogP contribution is -2.36. The van der Waals surface area contributed by atoms with Crippen molar-refractivity contribution >= 4 is 17.6 Å². The van der Waals surface area contributed by atoms with Crippen molar-refractivity contribution in [2.24, 2.45) is 4.99 Å². The van der Waals surface area contributed by atoms with E-state index in [0.29, 0.717) is 29.7 Å². The number of ether oxygens (including phenoxy) is 2. The Morgan fingerprint density at radius 1 is 1.24 bits per heavy atom. The molecule has 1 fully saturated rings. The van der Waals surface area contributed by atoms with Crippen LogP contribution in [-0.4, -0.2) is 38.2 Å². The van der Waals surface area contributed by atoms with Crippen LogP contribution in [0.15, 0.2) is 53.5 Å². The van der Waals surface area contributed by atoms with Crippen molar-refractivity contribution in [2.45, 2.75) is 38.7 Å². The van der Waals surface area contributed by atoms with E-state index < -0.39 is 0 Å². The van der Waals surface area contributed by atoms with Gasteiger partial charge in [0.25, 0.3) is 5.91 Å². The van der Waals surface area contributed by atoms with Crippen LogP contribution in [0.1, 0.15) is 48.5 Å². The molecule has 3 rings (SSSR count). The van der Waals surface area contributed by atoms with Crippen LogP contribution in [0.3, 0.4) is 0 Å². The molecule has 1 saturated heterocycles. The fraction of sp³-hybridized carbons (Fsp3) is 0.391. The molecule has 0 aliphatic carbocycles. The largest absolute Gasteiger partial charge is 0.497 e. The molecule has 2 aromatic rings. The Balaban J connectivity index is 1.74. The van der Waals surface area contributed by atoms with E-state index in [-0.39, 0.29) is 12.0 Å². The summed E-state index contributed by atoms with van der Waals surface area (Å²) in [4.78, 5) is 17.3. The first-order valence-corrected chi connectivity index (χ1v) is 10.0. The van der Waals surface area contributed by atoms with Gasteiger partial charge in [-0.15, -0.1) is 0 Å². The lowest BCUT2D eigenvalue weighted by Gasteiger charge is -2.14. The van der Waals surface area contributed by atoms with E-state index in [4.69, 9.17) is 9.47 Å². The third kappa shape index (κ3) is 6.06. The molecule has 6 nitrogen and oxygen atoms in total. The monoisotopic (exact) mass is 395 g/mol. The van der Waals surface area contributed by atoms with Crippen LogP contribution in [0.25, 0.3) is 0 Å². The van der Waals surface area contributed by atoms with Gasteiger partial charge in [-0.3, -0.25) is 10.1 Å². The molecule has 6 heteroatoms. The quantitative estimate of drug-likeness (QED) is 0.568. The summed E-state index contributed by atoms with van der Waals surface area (Å²) in [5.74, 6) is 1.25. The minimum Gasteiger partial charge on any atom is -0.497 e. The van der Waals surface area contributed by atoms with Gasteiger partial charge in [0.05, 0.1) is 19.8 Å². The fourth-order valence-corrected chi connectivity index (χ4v) is 3.12. The number of carbonyl (C=O) groups is 1. The van der Waals surface area contributed by atoms with Crippen molar-refractivity contribution in [2.75, 3.05) is 25.6 Å².